The first-order valence-electron chi connectivity index (χ1n) is 6.24. The zero-order chi connectivity index (χ0) is 12.9. The number of aryl methyl sites for hydroxylation is 2. The third-order valence-corrected chi connectivity index (χ3v) is 1.88. The lowest BCUT2D eigenvalue weighted by Crippen LogP contribution is -1.70. The van der Waals surface area contributed by atoms with Gasteiger partial charge in [0.05, 0.1) is 0 Å². The molecule has 92 valence electrons. The maximum Gasteiger partial charge on any atom is -0.0398 e. The van der Waals surface area contributed by atoms with Gasteiger partial charge in [0.15, 0.2) is 0 Å². The second-order valence-corrected chi connectivity index (χ2v) is 4.02. The Hall–Kier alpha value is -1.56. The van der Waals surface area contributed by atoms with Crippen LogP contribution >= 0.6 is 0 Å². The van der Waals surface area contributed by atoms with Crippen LogP contribution in [0.5, 0.6) is 0 Å². The van der Waals surface area contributed by atoms with Crippen molar-refractivity contribution >= 4 is 0 Å². The first-order valence-corrected chi connectivity index (χ1v) is 6.24. The summed E-state index contributed by atoms with van der Waals surface area (Å²) < 4.78 is 0. The van der Waals surface area contributed by atoms with Crippen molar-refractivity contribution in [2.75, 3.05) is 0 Å². The Bertz CT molecular complexity index is 298. The molecule has 0 saturated carbocycles. The van der Waals surface area contributed by atoms with Crippen LogP contribution in [-0.2, 0) is 0 Å². The molecule has 0 unspecified atom stereocenters. The normalized spacial score (nSPS) is 8.24. The first-order chi connectivity index (χ1) is 8.20. The van der Waals surface area contributed by atoms with E-state index in [1.54, 1.807) is 0 Å². The van der Waals surface area contributed by atoms with Crippen molar-refractivity contribution in [3.05, 3.63) is 71.8 Å². The van der Waals surface area contributed by atoms with Gasteiger partial charge in [0.25, 0.3) is 0 Å². The quantitative estimate of drug-likeness (QED) is 0.566. The Morgan fingerprint density at radius 3 is 0.941 bits per heavy atom. The Labute approximate surface area is 106 Å². The molecule has 0 aromatic heterocycles. The maximum atomic E-state index is 2.12. The summed E-state index contributed by atoms with van der Waals surface area (Å²) in [6.45, 7) is 8.44. The van der Waals surface area contributed by atoms with Crippen molar-refractivity contribution in [1.82, 2.24) is 0 Å². The van der Waals surface area contributed by atoms with E-state index in [9.17, 15) is 0 Å². The standard InChI is InChI=1S/C8H10.C6H6.C3H8/c1-7-3-5-8(2)6-4-7;1-2-4-6-5-3-1;1-3-2/h3-6H,1-2H3;1-6H;3H2,1-2H3. The molecule has 0 aliphatic heterocycles. The van der Waals surface area contributed by atoms with Crippen LogP contribution in [0.25, 0.3) is 0 Å². The lowest BCUT2D eigenvalue weighted by molar-refractivity contribution is 1.09. The summed E-state index contributed by atoms with van der Waals surface area (Å²) >= 11 is 0. The van der Waals surface area contributed by atoms with Crippen LogP contribution in [-0.4, -0.2) is 0 Å². The van der Waals surface area contributed by atoms with Gasteiger partial charge in [0, 0.05) is 0 Å². The molecular formula is C17H24. The minimum Gasteiger partial charge on any atom is -0.0656 e. The van der Waals surface area contributed by atoms with E-state index < -0.39 is 0 Å². The van der Waals surface area contributed by atoms with E-state index in [0.29, 0.717) is 0 Å². The number of hydrogen-bond acceptors (Lipinski definition) is 0. The van der Waals surface area contributed by atoms with Gasteiger partial charge in [0.1, 0.15) is 0 Å². The average Bonchev–Trinajstić information content (AvgIpc) is 2.37. The van der Waals surface area contributed by atoms with E-state index in [4.69, 9.17) is 0 Å². The average molecular weight is 228 g/mol. The second-order valence-electron chi connectivity index (χ2n) is 4.02. The highest BCUT2D eigenvalue weighted by molar-refractivity contribution is 5.19. The van der Waals surface area contributed by atoms with Gasteiger partial charge >= 0.3 is 0 Å². The molecule has 0 spiro atoms. The minimum absolute atomic E-state index is 1.25. The molecule has 0 heteroatoms. The number of hydrogen-bond donors (Lipinski definition) is 0. The van der Waals surface area contributed by atoms with Crippen LogP contribution in [0.1, 0.15) is 31.4 Å². The molecule has 0 atom stereocenters. The largest absolute Gasteiger partial charge is 0.0656 e. The Morgan fingerprint density at radius 2 is 0.765 bits per heavy atom. The van der Waals surface area contributed by atoms with Gasteiger partial charge in [-0.25, -0.2) is 0 Å². The van der Waals surface area contributed by atoms with Gasteiger partial charge < -0.3 is 0 Å². The highest BCUT2D eigenvalue weighted by atomic mass is 13.9. The Kier molecular flexibility index (Phi) is 9.94. The van der Waals surface area contributed by atoms with Crippen molar-refractivity contribution in [3.63, 3.8) is 0 Å². The fourth-order valence-corrected chi connectivity index (χ4v) is 1.02. The molecule has 2 rings (SSSR count). The Balaban J connectivity index is 0.000000252. The van der Waals surface area contributed by atoms with E-state index in [1.807, 2.05) is 36.4 Å². The van der Waals surface area contributed by atoms with Crippen LogP contribution in [0.2, 0.25) is 0 Å². The predicted molar refractivity (Wildman–Crippen MR) is 78.3 cm³/mol. The zero-order valence-corrected chi connectivity index (χ0v) is 11.5. The molecule has 0 aliphatic carbocycles. The maximum absolute atomic E-state index is 2.12. The van der Waals surface area contributed by atoms with Crippen LogP contribution in [0.15, 0.2) is 60.7 Å². The fraction of sp³-hybridized carbons (Fsp3) is 0.294. The van der Waals surface area contributed by atoms with Gasteiger partial charge in [-0.3, -0.25) is 0 Å². The molecular weight excluding hydrogens is 204 g/mol. The van der Waals surface area contributed by atoms with Gasteiger partial charge in [-0.05, 0) is 13.8 Å². The van der Waals surface area contributed by atoms with Crippen molar-refractivity contribution in [1.29, 1.82) is 0 Å². The second kappa shape index (κ2) is 10.9. The number of rotatable bonds is 0. The summed E-state index contributed by atoms with van der Waals surface area (Å²) in [7, 11) is 0. The molecule has 0 heterocycles. The van der Waals surface area contributed by atoms with Crippen molar-refractivity contribution in [3.8, 4) is 0 Å². The molecule has 2 aromatic carbocycles. The van der Waals surface area contributed by atoms with Crippen LogP contribution in [0.3, 0.4) is 0 Å². The summed E-state index contributed by atoms with van der Waals surface area (Å²) in [6, 6.07) is 20.5. The van der Waals surface area contributed by atoms with E-state index in [-0.39, 0.29) is 0 Å². The van der Waals surface area contributed by atoms with E-state index >= 15 is 0 Å². The molecule has 0 amide bonds. The molecule has 0 N–H and O–H groups in total. The van der Waals surface area contributed by atoms with E-state index in [1.165, 1.54) is 17.5 Å². The number of benzene rings is 2. The molecule has 17 heavy (non-hydrogen) atoms. The highest BCUT2D eigenvalue weighted by Crippen LogP contribution is 1.99. The van der Waals surface area contributed by atoms with Crippen LogP contribution in [0.4, 0.5) is 0 Å². The topological polar surface area (TPSA) is 0 Å². The summed E-state index contributed by atoms with van der Waals surface area (Å²) in [5.41, 5.74) is 2.66. The van der Waals surface area contributed by atoms with Gasteiger partial charge in [-0.1, -0.05) is 92.1 Å². The molecule has 0 saturated heterocycles. The lowest BCUT2D eigenvalue weighted by Gasteiger charge is -1.90. The van der Waals surface area contributed by atoms with Gasteiger partial charge in [-0.15, -0.1) is 0 Å². The third kappa shape index (κ3) is 10.7. The molecule has 0 fully saturated rings. The van der Waals surface area contributed by atoms with Gasteiger partial charge in [-0.2, -0.15) is 0 Å². The summed E-state index contributed by atoms with van der Waals surface area (Å²) in [4.78, 5) is 0. The molecule has 0 radical (unpaired) electrons. The Morgan fingerprint density at radius 1 is 0.588 bits per heavy atom. The van der Waals surface area contributed by atoms with Crippen molar-refractivity contribution < 1.29 is 0 Å². The minimum atomic E-state index is 1.25. The molecule has 0 aliphatic rings. The zero-order valence-electron chi connectivity index (χ0n) is 11.5. The summed E-state index contributed by atoms with van der Waals surface area (Å²) in [5.74, 6) is 0. The molecule has 2 aromatic rings. The summed E-state index contributed by atoms with van der Waals surface area (Å²) in [5, 5.41) is 0. The van der Waals surface area contributed by atoms with Crippen molar-refractivity contribution in [2.45, 2.75) is 34.1 Å². The van der Waals surface area contributed by atoms with E-state index in [0.717, 1.165) is 0 Å². The SMILES string of the molecule is CCC.Cc1ccc(C)cc1.c1ccccc1. The summed E-state index contributed by atoms with van der Waals surface area (Å²) in [6.07, 6.45) is 1.25. The van der Waals surface area contributed by atoms with Crippen molar-refractivity contribution in [2.24, 2.45) is 0 Å². The van der Waals surface area contributed by atoms with Crippen LogP contribution < -0.4 is 0 Å². The first kappa shape index (κ1) is 15.4. The van der Waals surface area contributed by atoms with Gasteiger partial charge in [0.2, 0.25) is 0 Å². The molecule has 0 nitrogen and oxygen atoms in total. The monoisotopic (exact) mass is 228 g/mol. The smallest absolute Gasteiger partial charge is 0.0398 e. The third-order valence-electron chi connectivity index (χ3n) is 1.88. The molecule has 0 bridgehead atoms. The predicted octanol–water partition coefficient (Wildman–Crippen LogP) is 5.41. The fourth-order valence-electron chi connectivity index (χ4n) is 1.02. The highest BCUT2D eigenvalue weighted by Gasteiger charge is 1.79. The van der Waals surface area contributed by atoms with Crippen LogP contribution in [0, 0.1) is 13.8 Å². The van der Waals surface area contributed by atoms with E-state index in [2.05, 4.69) is 52.0 Å². The lowest BCUT2D eigenvalue weighted by atomic mass is 10.2.